The summed E-state index contributed by atoms with van der Waals surface area (Å²) < 4.78 is 0. The van der Waals surface area contributed by atoms with Gasteiger partial charge < -0.3 is 20.4 Å². The van der Waals surface area contributed by atoms with Gasteiger partial charge in [0.15, 0.2) is 0 Å². The lowest BCUT2D eigenvalue weighted by Crippen LogP contribution is -2.44. The van der Waals surface area contributed by atoms with Crippen molar-refractivity contribution in [2.24, 2.45) is 0 Å². The van der Waals surface area contributed by atoms with E-state index in [0.29, 0.717) is 0 Å². The monoisotopic (exact) mass is 136 g/mol. The van der Waals surface area contributed by atoms with Crippen molar-refractivity contribution >= 4 is 0 Å². The van der Waals surface area contributed by atoms with Crippen LogP contribution in [0.1, 0.15) is 6.92 Å². The molecule has 0 unspecified atom stereocenters. The molecule has 0 aliphatic carbocycles. The Morgan fingerprint density at radius 2 is 1.89 bits per heavy atom. The summed E-state index contributed by atoms with van der Waals surface area (Å²) >= 11 is 0. The Balaban J connectivity index is 3.80. The first kappa shape index (κ1) is 8.84. The van der Waals surface area contributed by atoms with E-state index in [-0.39, 0.29) is 0 Å². The molecule has 0 aliphatic heterocycles. The molecule has 0 bridgehead atoms. The average molecular weight is 136 g/mol. The fourth-order valence-corrected chi connectivity index (χ4v) is 0.302. The van der Waals surface area contributed by atoms with E-state index >= 15 is 0 Å². The third kappa shape index (κ3) is 2.28. The van der Waals surface area contributed by atoms with Gasteiger partial charge >= 0.3 is 0 Å². The molecule has 4 nitrogen and oxygen atoms in total. The van der Waals surface area contributed by atoms with Crippen molar-refractivity contribution in [1.82, 2.24) is 0 Å². The number of aliphatic hydroxyl groups is 4. The van der Waals surface area contributed by atoms with Crippen LogP contribution in [0.3, 0.4) is 0 Å². The molecular weight excluding hydrogens is 124 g/mol. The normalized spacial score (nSPS) is 21.0. The molecule has 0 amide bonds. The number of aliphatic hydroxyl groups excluding tert-OH is 3. The second-order valence-electron chi connectivity index (χ2n) is 2.21. The molecule has 2 atom stereocenters. The molecule has 0 rings (SSSR count). The van der Waals surface area contributed by atoms with Crippen LogP contribution in [0.4, 0.5) is 0 Å². The fourth-order valence-electron chi connectivity index (χ4n) is 0.302. The Bertz CT molecular complexity index is 81.0. The third-order valence-corrected chi connectivity index (χ3v) is 1.21. The lowest BCUT2D eigenvalue weighted by Gasteiger charge is -2.24. The molecule has 0 saturated carbocycles. The van der Waals surface area contributed by atoms with Gasteiger partial charge in [-0.05, 0) is 6.92 Å². The Kier molecular flexibility index (Phi) is 3.07. The second-order valence-corrected chi connectivity index (χ2v) is 2.21. The highest BCUT2D eigenvalue weighted by molar-refractivity contribution is 4.79. The van der Waals surface area contributed by atoms with Crippen molar-refractivity contribution in [3.63, 3.8) is 0 Å². The minimum Gasteiger partial charge on any atom is -0.394 e. The van der Waals surface area contributed by atoms with E-state index in [9.17, 15) is 0 Å². The van der Waals surface area contributed by atoms with Gasteiger partial charge in [-0.25, -0.2) is 0 Å². The van der Waals surface area contributed by atoms with Crippen LogP contribution in [0.5, 0.6) is 0 Å². The summed E-state index contributed by atoms with van der Waals surface area (Å²) in [5.74, 6) is 0. The van der Waals surface area contributed by atoms with Gasteiger partial charge in [-0.3, -0.25) is 0 Å². The molecule has 4 N–H and O–H groups in total. The maximum Gasteiger partial charge on any atom is 0.113 e. The molecule has 0 saturated heterocycles. The summed E-state index contributed by atoms with van der Waals surface area (Å²) in [5, 5.41) is 34.3. The zero-order chi connectivity index (χ0) is 7.49. The zero-order valence-corrected chi connectivity index (χ0v) is 5.28. The topological polar surface area (TPSA) is 80.9 Å². The number of hydrogen-bond acceptors (Lipinski definition) is 4. The van der Waals surface area contributed by atoms with Gasteiger partial charge in [-0.2, -0.15) is 0 Å². The van der Waals surface area contributed by atoms with E-state index in [0.717, 1.165) is 0 Å². The van der Waals surface area contributed by atoms with E-state index < -0.39 is 24.9 Å². The van der Waals surface area contributed by atoms with Gasteiger partial charge in [-0.1, -0.05) is 0 Å². The molecule has 0 fully saturated rings. The van der Waals surface area contributed by atoms with Crippen molar-refractivity contribution in [3.05, 3.63) is 0 Å². The summed E-state index contributed by atoms with van der Waals surface area (Å²) in [6.45, 7) is 0.135. The molecule has 0 aromatic rings. The quantitative estimate of drug-likeness (QED) is 0.364. The van der Waals surface area contributed by atoms with Crippen molar-refractivity contribution in [1.29, 1.82) is 0 Å². The Labute approximate surface area is 53.4 Å². The zero-order valence-electron chi connectivity index (χ0n) is 5.28. The summed E-state index contributed by atoms with van der Waals surface area (Å²) in [4.78, 5) is 0. The van der Waals surface area contributed by atoms with Crippen molar-refractivity contribution in [2.75, 3.05) is 13.2 Å². The van der Waals surface area contributed by atoms with Crippen LogP contribution < -0.4 is 0 Å². The molecule has 9 heavy (non-hydrogen) atoms. The average Bonchev–Trinajstić information content (AvgIpc) is 1.86. The van der Waals surface area contributed by atoms with E-state index in [2.05, 4.69) is 0 Å². The lowest BCUT2D eigenvalue weighted by molar-refractivity contribution is -0.108. The smallest absolute Gasteiger partial charge is 0.113 e. The van der Waals surface area contributed by atoms with Gasteiger partial charge in [0.25, 0.3) is 0 Å². The number of hydrogen-bond donors (Lipinski definition) is 4. The molecule has 56 valence electrons. The Morgan fingerprint density at radius 1 is 1.44 bits per heavy atom. The standard InChI is InChI=1S/C5H12O4/c1-5(9,3-7)4(8)2-6/h4,6-9H,2-3H2,1H3/t4-,5+/m0/s1. The van der Waals surface area contributed by atoms with Crippen LogP contribution >= 0.6 is 0 Å². The molecule has 0 heterocycles. The van der Waals surface area contributed by atoms with Crippen molar-refractivity contribution in [2.45, 2.75) is 18.6 Å². The molecule has 0 aliphatic rings. The molecule has 4 heteroatoms. The first-order valence-electron chi connectivity index (χ1n) is 2.66. The van der Waals surface area contributed by atoms with E-state index in [1.807, 2.05) is 0 Å². The highest BCUT2D eigenvalue weighted by atomic mass is 16.4. The van der Waals surface area contributed by atoms with Gasteiger partial charge in [0.1, 0.15) is 11.7 Å². The first-order valence-corrected chi connectivity index (χ1v) is 2.66. The minimum atomic E-state index is -1.59. The maximum absolute atomic E-state index is 8.93. The first-order chi connectivity index (χ1) is 4.04. The summed E-state index contributed by atoms with van der Waals surface area (Å²) in [5.41, 5.74) is -1.59. The van der Waals surface area contributed by atoms with Crippen molar-refractivity contribution in [3.8, 4) is 0 Å². The predicted octanol–water partition coefficient (Wildman–Crippen LogP) is -1.92. The predicted molar refractivity (Wildman–Crippen MR) is 30.8 cm³/mol. The van der Waals surface area contributed by atoms with E-state index in [1.54, 1.807) is 0 Å². The molecule has 0 aromatic heterocycles. The summed E-state index contributed by atoms with van der Waals surface area (Å²) in [6, 6.07) is 0. The van der Waals surface area contributed by atoms with Crippen LogP contribution in [0.2, 0.25) is 0 Å². The SMILES string of the molecule is C[C@@](O)(CO)[C@@H](O)CO. The van der Waals surface area contributed by atoms with Crippen LogP contribution in [0.25, 0.3) is 0 Å². The molecule has 0 aromatic carbocycles. The van der Waals surface area contributed by atoms with E-state index in [4.69, 9.17) is 20.4 Å². The Hall–Kier alpha value is -0.160. The summed E-state index contributed by atoms with van der Waals surface area (Å²) in [6.07, 6.45) is -1.28. The Morgan fingerprint density at radius 3 is 2.00 bits per heavy atom. The van der Waals surface area contributed by atoms with Gasteiger partial charge in [0, 0.05) is 0 Å². The van der Waals surface area contributed by atoms with Gasteiger partial charge in [0.05, 0.1) is 13.2 Å². The minimum absolute atomic E-state index is 0.548. The molecule has 0 radical (unpaired) electrons. The molecule has 0 spiro atoms. The van der Waals surface area contributed by atoms with Crippen LogP contribution in [-0.2, 0) is 0 Å². The van der Waals surface area contributed by atoms with Crippen LogP contribution in [0, 0.1) is 0 Å². The summed E-state index contributed by atoms with van der Waals surface area (Å²) in [7, 11) is 0. The van der Waals surface area contributed by atoms with Gasteiger partial charge in [0.2, 0.25) is 0 Å². The fraction of sp³-hybridized carbons (Fsp3) is 1.00. The maximum atomic E-state index is 8.93. The third-order valence-electron chi connectivity index (χ3n) is 1.21. The van der Waals surface area contributed by atoms with Crippen molar-refractivity contribution < 1.29 is 20.4 Å². The largest absolute Gasteiger partial charge is 0.394 e. The lowest BCUT2D eigenvalue weighted by atomic mass is 10.0. The molecular formula is C5H12O4. The number of rotatable bonds is 3. The highest BCUT2D eigenvalue weighted by Gasteiger charge is 2.28. The highest BCUT2D eigenvalue weighted by Crippen LogP contribution is 2.06. The second kappa shape index (κ2) is 3.12. The van der Waals surface area contributed by atoms with E-state index in [1.165, 1.54) is 6.92 Å². The van der Waals surface area contributed by atoms with Crippen LogP contribution in [-0.4, -0.2) is 45.3 Å². The van der Waals surface area contributed by atoms with Gasteiger partial charge in [-0.15, -0.1) is 0 Å². The van der Waals surface area contributed by atoms with Crippen LogP contribution in [0.15, 0.2) is 0 Å².